The fourth-order valence-corrected chi connectivity index (χ4v) is 2.92. The van der Waals surface area contributed by atoms with E-state index in [4.69, 9.17) is 4.74 Å². The Balaban J connectivity index is 1.67. The maximum Gasteiger partial charge on any atom is 0.263 e. The van der Waals surface area contributed by atoms with Crippen LogP contribution in [0, 0.1) is 0 Å². The lowest BCUT2D eigenvalue weighted by atomic mass is 10.2. The van der Waals surface area contributed by atoms with Crippen molar-refractivity contribution in [2.75, 3.05) is 26.2 Å². The Kier molecular flexibility index (Phi) is 4.64. The topological polar surface area (TPSA) is 62.7 Å². The molecule has 0 spiro atoms. The quantitative estimate of drug-likeness (QED) is 0.861. The van der Waals surface area contributed by atoms with Crippen LogP contribution < -0.4 is 4.74 Å². The fraction of sp³-hybridized carbons (Fsp3) is 0.389. The van der Waals surface area contributed by atoms with Gasteiger partial charge in [0.05, 0.1) is 5.52 Å². The third-order valence-corrected chi connectivity index (χ3v) is 4.29. The van der Waals surface area contributed by atoms with E-state index in [1.165, 1.54) is 0 Å². The van der Waals surface area contributed by atoms with E-state index in [2.05, 4.69) is 4.98 Å². The van der Waals surface area contributed by atoms with Gasteiger partial charge in [-0.1, -0.05) is 6.07 Å². The standard InChI is InChI=1S/C18H21N3O3/c1-13(18(23)21-11-9-20(10-12-21)14(2)22)24-17-7-3-6-16-15(17)5-4-8-19-16/h3-8,13H,9-12H2,1-2H3. The zero-order chi connectivity index (χ0) is 17.1. The van der Waals surface area contributed by atoms with Crippen molar-refractivity contribution in [3.63, 3.8) is 0 Å². The Morgan fingerprint density at radius 3 is 2.50 bits per heavy atom. The fourth-order valence-electron chi connectivity index (χ4n) is 2.92. The van der Waals surface area contributed by atoms with E-state index in [1.54, 1.807) is 29.8 Å². The number of hydrogen-bond donors (Lipinski definition) is 0. The van der Waals surface area contributed by atoms with Crippen LogP contribution in [0.2, 0.25) is 0 Å². The minimum absolute atomic E-state index is 0.0506. The molecule has 2 aromatic rings. The lowest BCUT2D eigenvalue weighted by Gasteiger charge is -2.35. The lowest BCUT2D eigenvalue weighted by molar-refractivity contribution is -0.143. The summed E-state index contributed by atoms with van der Waals surface area (Å²) in [7, 11) is 0. The average Bonchev–Trinajstić information content (AvgIpc) is 2.61. The number of nitrogens with zero attached hydrogens (tertiary/aromatic N) is 3. The van der Waals surface area contributed by atoms with Crippen LogP contribution >= 0.6 is 0 Å². The lowest BCUT2D eigenvalue weighted by Crippen LogP contribution is -2.52. The highest BCUT2D eigenvalue weighted by Crippen LogP contribution is 2.25. The van der Waals surface area contributed by atoms with E-state index in [0.29, 0.717) is 31.9 Å². The van der Waals surface area contributed by atoms with Crippen LogP contribution in [0.5, 0.6) is 5.75 Å². The monoisotopic (exact) mass is 327 g/mol. The van der Waals surface area contributed by atoms with Crippen molar-refractivity contribution in [2.45, 2.75) is 20.0 Å². The highest BCUT2D eigenvalue weighted by Gasteiger charge is 2.27. The molecule has 3 rings (SSSR count). The Morgan fingerprint density at radius 2 is 1.79 bits per heavy atom. The average molecular weight is 327 g/mol. The summed E-state index contributed by atoms with van der Waals surface area (Å²) in [6.07, 6.45) is 1.15. The molecule has 2 heterocycles. The van der Waals surface area contributed by atoms with E-state index >= 15 is 0 Å². The van der Waals surface area contributed by atoms with E-state index in [-0.39, 0.29) is 11.8 Å². The van der Waals surface area contributed by atoms with Crippen molar-refractivity contribution in [3.05, 3.63) is 36.5 Å². The molecule has 1 aliphatic rings. The van der Waals surface area contributed by atoms with Gasteiger partial charge in [0.15, 0.2) is 6.10 Å². The molecule has 6 nitrogen and oxygen atoms in total. The molecule has 0 aliphatic carbocycles. The summed E-state index contributed by atoms with van der Waals surface area (Å²) in [6, 6.07) is 9.41. The molecule has 1 atom stereocenters. The number of ether oxygens (including phenoxy) is 1. The van der Waals surface area contributed by atoms with Gasteiger partial charge in [-0.25, -0.2) is 0 Å². The maximum absolute atomic E-state index is 12.6. The van der Waals surface area contributed by atoms with Crippen LogP contribution in [-0.4, -0.2) is 58.9 Å². The van der Waals surface area contributed by atoms with Gasteiger partial charge in [-0.15, -0.1) is 0 Å². The molecule has 0 saturated carbocycles. The van der Waals surface area contributed by atoms with Crippen molar-refractivity contribution in [1.82, 2.24) is 14.8 Å². The first-order chi connectivity index (χ1) is 11.6. The summed E-state index contributed by atoms with van der Waals surface area (Å²) in [6.45, 7) is 5.55. The second-order valence-electron chi connectivity index (χ2n) is 5.92. The molecule has 1 saturated heterocycles. The van der Waals surface area contributed by atoms with E-state index in [9.17, 15) is 9.59 Å². The van der Waals surface area contributed by atoms with E-state index in [0.717, 1.165) is 10.9 Å². The van der Waals surface area contributed by atoms with Crippen LogP contribution in [0.3, 0.4) is 0 Å². The molecule has 1 unspecified atom stereocenters. The normalized spacial score (nSPS) is 16.1. The van der Waals surface area contributed by atoms with Gasteiger partial charge in [0, 0.05) is 44.7 Å². The zero-order valence-electron chi connectivity index (χ0n) is 13.9. The molecule has 1 fully saturated rings. The van der Waals surface area contributed by atoms with Gasteiger partial charge in [-0.05, 0) is 31.2 Å². The molecule has 24 heavy (non-hydrogen) atoms. The largest absolute Gasteiger partial charge is 0.480 e. The molecule has 0 bridgehead atoms. The summed E-state index contributed by atoms with van der Waals surface area (Å²) in [5.41, 5.74) is 0.838. The molecular formula is C18H21N3O3. The van der Waals surface area contributed by atoms with Gasteiger partial charge in [-0.3, -0.25) is 14.6 Å². The number of aromatic nitrogens is 1. The van der Waals surface area contributed by atoms with Crippen LogP contribution in [0.25, 0.3) is 10.9 Å². The Hall–Kier alpha value is -2.63. The first kappa shape index (κ1) is 16.2. The molecule has 126 valence electrons. The van der Waals surface area contributed by atoms with Gasteiger partial charge in [-0.2, -0.15) is 0 Å². The zero-order valence-corrected chi connectivity index (χ0v) is 13.9. The summed E-state index contributed by atoms with van der Waals surface area (Å²) < 4.78 is 5.91. The SMILES string of the molecule is CC(=O)N1CCN(C(=O)C(C)Oc2cccc3ncccc23)CC1. The molecule has 0 radical (unpaired) electrons. The highest BCUT2D eigenvalue weighted by molar-refractivity contribution is 5.86. The number of rotatable bonds is 3. The van der Waals surface area contributed by atoms with Gasteiger partial charge in [0.25, 0.3) is 5.91 Å². The number of carbonyl (C=O) groups is 2. The Morgan fingerprint density at radius 1 is 1.08 bits per heavy atom. The summed E-state index contributed by atoms with van der Waals surface area (Å²) in [4.78, 5) is 31.8. The number of fused-ring (bicyclic) bond motifs is 1. The number of hydrogen-bond acceptors (Lipinski definition) is 4. The number of carbonyl (C=O) groups excluding carboxylic acids is 2. The molecular weight excluding hydrogens is 306 g/mol. The second-order valence-corrected chi connectivity index (χ2v) is 5.92. The first-order valence-electron chi connectivity index (χ1n) is 8.11. The number of amides is 2. The molecule has 1 aromatic carbocycles. The van der Waals surface area contributed by atoms with Gasteiger partial charge >= 0.3 is 0 Å². The Bertz CT molecular complexity index is 749. The molecule has 2 amide bonds. The van der Waals surface area contributed by atoms with Gasteiger partial charge in [0.2, 0.25) is 5.91 Å². The maximum atomic E-state index is 12.6. The van der Waals surface area contributed by atoms with Crippen LogP contribution in [0.1, 0.15) is 13.8 Å². The van der Waals surface area contributed by atoms with Crippen LogP contribution in [0.4, 0.5) is 0 Å². The van der Waals surface area contributed by atoms with Crippen molar-refractivity contribution in [2.24, 2.45) is 0 Å². The van der Waals surface area contributed by atoms with Crippen molar-refractivity contribution < 1.29 is 14.3 Å². The molecule has 0 N–H and O–H groups in total. The summed E-state index contributed by atoms with van der Waals surface area (Å²) >= 11 is 0. The predicted octanol–water partition coefficient (Wildman–Crippen LogP) is 1.69. The smallest absolute Gasteiger partial charge is 0.263 e. The Labute approximate surface area is 141 Å². The van der Waals surface area contributed by atoms with E-state index in [1.807, 2.05) is 30.3 Å². The van der Waals surface area contributed by atoms with Crippen LogP contribution in [-0.2, 0) is 9.59 Å². The van der Waals surface area contributed by atoms with Crippen molar-refractivity contribution in [1.29, 1.82) is 0 Å². The number of piperazine rings is 1. The number of benzene rings is 1. The van der Waals surface area contributed by atoms with Crippen molar-refractivity contribution >= 4 is 22.7 Å². The summed E-state index contributed by atoms with van der Waals surface area (Å²) in [5, 5.41) is 0.890. The molecule has 6 heteroatoms. The minimum Gasteiger partial charge on any atom is -0.480 e. The molecule has 1 aromatic heterocycles. The molecule has 1 aliphatic heterocycles. The number of pyridine rings is 1. The van der Waals surface area contributed by atoms with Gasteiger partial charge < -0.3 is 14.5 Å². The third-order valence-electron chi connectivity index (χ3n) is 4.29. The first-order valence-corrected chi connectivity index (χ1v) is 8.11. The highest BCUT2D eigenvalue weighted by atomic mass is 16.5. The van der Waals surface area contributed by atoms with E-state index < -0.39 is 6.10 Å². The second kappa shape index (κ2) is 6.86. The predicted molar refractivity (Wildman–Crippen MR) is 90.7 cm³/mol. The van der Waals surface area contributed by atoms with Crippen molar-refractivity contribution in [3.8, 4) is 5.75 Å². The van der Waals surface area contributed by atoms with Gasteiger partial charge in [0.1, 0.15) is 5.75 Å². The van der Waals surface area contributed by atoms with Crippen LogP contribution in [0.15, 0.2) is 36.5 Å². The third kappa shape index (κ3) is 3.32. The summed E-state index contributed by atoms with van der Waals surface area (Å²) in [5.74, 6) is 0.651. The minimum atomic E-state index is -0.584.